The summed E-state index contributed by atoms with van der Waals surface area (Å²) in [5.41, 5.74) is 3.72. The largest absolute Gasteiger partial charge is 0.496 e. The van der Waals surface area contributed by atoms with Crippen molar-refractivity contribution in [3.8, 4) is 17.1 Å². The van der Waals surface area contributed by atoms with Gasteiger partial charge < -0.3 is 14.2 Å². The summed E-state index contributed by atoms with van der Waals surface area (Å²) < 4.78 is 10.2. The van der Waals surface area contributed by atoms with Crippen molar-refractivity contribution in [2.24, 2.45) is 7.05 Å². The molecule has 1 aliphatic rings. The Morgan fingerprint density at radius 3 is 2.47 bits per heavy atom. The molecule has 0 spiro atoms. The van der Waals surface area contributed by atoms with Crippen molar-refractivity contribution < 1.29 is 9.64 Å². The highest BCUT2D eigenvalue weighted by atomic mass is 32.1. The van der Waals surface area contributed by atoms with E-state index >= 15 is 0 Å². The Kier molecular flexibility index (Phi) is 6.06. The maximum atomic E-state index is 5.74. The molecule has 1 aliphatic carbocycles. The van der Waals surface area contributed by atoms with Crippen LogP contribution in [0.1, 0.15) is 43.7 Å². The van der Waals surface area contributed by atoms with Crippen molar-refractivity contribution in [2.45, 2.75) is 51.9 Å². The third-order valence-electron chi connectivity index (χ3n) is 5.97. The highest BCUT2D eigenvalue weighted by molar-refractivity contribution is 7.71. The van der Waals surface area contributed by atoms with Gasteiger partial charge in [-0.3, -0.25) is 0 Å². The van der Waals surface area contributed by atoms with Gasteiger partial charge in [0.25, 0.3) is 0 Å². The summed E-state index contributed by atoms with van der Waals surface area (Å²) in [5, 5.41) is 4.89. The van der Waals surface area contributed by atoms with Crippen LogP contribution in [0.15, 0.2) is 48.5 Å². The number of benzene rings is 2. The lowest BCUT2D eigenvalue weighted by Crippen LogP contribution is -3.11. The number of nitrogens with zero attached hydrogens (tertiary/aromatic N) is 3. The predicted molar refractivity (Wildman–Crippen MR) is 122 cm³/mol. The summed E-state index contributed by atoms with van der Waals surface area (Å²) >= 11 is 5.74. The number of ether oxygens (including phenoxy) is 1. The number of para-hydroxylation sites is 1. The normalized spacial score (nSPS) is 14.8. The molecule has 1 aromatic heterocycles. The number of hydrogen-bond acceptors (Lipinski definition) is 3. The molecule has 0 bridgehead atoms. The van der Waals surface area contributed by atoms with Gasteiger partial charge in [0.15, 0.2) is 12.5 Å². The molecule has 1 fully saturated rings. The van der Waals surface area contributed by atoms with E-state index in [1.165, 1.54) is 28.9 Å². The molecule has 0 saturated heterocycles. The zero-order chi connectivity index (χ0) is 21.3. The number of methoxy groups -OCH3 is 1. The molecule has 1 heterocycles. The van der Waals surface area contributed by atoms with E-state index in [0.29, 0.717) is 12.0 Å². The van der Waals surface area contributed by atoms with E-state index < -0.39 is 0 Å². The van der Waals surface area contributed by atoms with E-state index in [0.717, 1.165) is 35.1 Å². The molecule has 4 rings (SSSR count). The van der Waals surface area contributed by atoms with Crippen LogP contribution in [0.5, 0.6) is 5.75 Å². The Hall–Kier alpha value is -2.44. The molecule has 5 nitrogen and oxygen atoms in total. The molecule has 0 aliphatic heterocycles. The Labute approximate surface area is 183 Å². The zero-order valence-corrected chi connectivity index (χ0v) is 19.1. The molecule has 1 N–H and O–H groups in total. The van der Waals surface area contributed by atoms with Crippen LogP contribution < -0.4 is 9.64 Å². The fourth-order valence-electron chi connectivity index (χ4n) is 3.95. The Balaban J connectivity index is 1.58. The van der Waals surface area contributed by atoms with Gasteiger partial charge in [-0.05, 0) is 35.8 Å². The van der Waals surface area contributed by atoms with Gasteiger partial charge in [-0.1, -0.05) is 50.2 Å². The van der Waals surface area contributed by atoms with Crippen LogP contribution >= 0.6 is 12.2 Å². The second-order valence-corrected chi connectivity index (χ2v) is 8.89. The smallest absolute Gasteiger partial charge is 0.202 e. The molecular formula is C24H31N4OS+. The third-order valence-corrected chi connectivity index (χ3v) is 6.46. The fourth-order valence-corrected chi connectivity index (χ4v) is 4.14. The van der Waals surface area contributed by atoms with Crippen LogP contribution in [0, 0.1) is 4.77 Å². The molecule has 158 valence electrons. The fraction of sp³-hybridized carbons (Fsp3) is 0.417. The number of aromatic nitrogens is 3. The minimum atomic E-state index is 0.561. The molecular weight excluding hydrogens is 392 g/mol. The second-order valence-electron chi connectivity index (χ2n) is 8.53. The summed E-state index contributed by atoms with van der Waals surface area (Å²) in [5.74, 6) is 2.21. The molecule has 2 aromatic carbocycles. The summed E-state index contributed by atoms with van der Waals surface area (Å²) in [6, 6.07) is 17.7. The zero-order valence-electron chi connectivity index (χ0n) is 18.3. The Morgan fingerprint density at radius 2 is 1.83 bits per heavy atom. The first kappa shape index (κ1) is 20.8. The molecule has 0 radical (unpaired) electrons. The Bertz CT molecular complexity index is 1060. The van der Waals surface area contributed by atoms with Gasteiger partial charge >= 0.3 is 0 Å². The monoisotopic (exact) mass is 423 g/mol. The summed E-state index contributed by atoms with van der Waals surface area (Å²) in [6.45, 7) is 6.24. The van der Waals surface area contributed by atoms with Crippen LogP contribution in [0.25, 0.3) is 11.4 Å². The predicted octanol–water partition coefficient (Wildman–Crippen LogP) is 3.96. The summed E-state index contributed by atoms with van der Waals surface area (Å²) in [6.07, 6.45) is 2.55. The minimum Gasteiger partial charge on any atom is -0.496 e. The van der Waals surface area contributed by atoms with Gasteiger partial charge in [-0.2, -0.15) is 4.68 Å². The van der Waals surface area contributed by atoms with E-state index in [1.807, 2.05) is 40.6 Å². The maximum Gasteiger partial charge on any atom is 0.202 e. The van der Waals surface area contributed by atoms with Crippen molar-refractivity contribution >= 4 is 12.2 Å². The first-order valence-electron chi connectivity index (χ1n) is 10.7. The van der Waals surface area contributed by atoms with E-state index in [9.17, 15) is 0 Å². The quantitative estimate of drug-likeness (QED) is 0.557. The summed E-state index contributed by atoms with van der Waals surface area (Å²) in [4.78, 5) is 1.52. The number of quaternary nitrogens is 1. The van der Waals surface area contributed by atoms with Gasteiger partial charge in [-0.25, -0.2) is 0 Å². The van der Waals surface area contributed by atoms with Crippen molar-refractivity contribution in [1.82, 2.24) is 14.3 Å². The molecule has 6 heteroatoms. The van der Waals surface area contributed by atoms with Gasteiger partial charge in [0, 0.05) is 25.5 Å². The van der Waals surface area contributed by atoms with Crippen LogP contribution in [-0.4, -0.2) is 27.5 Å². The molecule has 0 amide bonds. The van der Waals surface area contributed by atoms with Gasteiger partial charge in [-0.15, -0.1) is 5.10 Å². The van der Waals surface area contributed by atoms with Crippen molar-refractivity contribution in [3.63, 3.8) is 0 Å². The lowest BCUT2D eigenvalue weighted by Gasteiger charge is -2.19. The van der Waals surface area contributed by atoms with Crippen molar-refractivity contribution in [3.05, 3.63) is 64.4 Å². The molecule has 1 unspecified atom stereocenters. The van der Waals surface area contributed by atoms with E-state index in [4.69, 9.17) is 22.1 Å². The lowest BCUT2D eigenvalue weighted by atomic mass is 10.0. The maximum absolute atomic E-state index is 5.74. The third kappa shape index (κ3) is 4.35. The number of hydrogen-bond donors (Lipinski definition) is 1. The van der Waals surface area contributed by atoms with E-state index in [-0.39, 0.29) is 0 Å². The van der Waals surface area contributed by atoms with Gasteiger partial charge in [0.05, 0.1) is 18.7 Å². The Morgan fingerprint density at radius 1 is 1.13 bits per heavy atom. The first-order chi connectivity index (χ1) is 14.5. The van der Waals surface area contributed by atoms with E-state index in [1.54, 1.807) is 7.11 Å². The van der Waals surface area contributed by atoms with Crippen LogP contribution in [0.2, 0.25) is 0 Å². The van der Waals surface area contributed by atoms with Crippen LogP contribution in [0.4, 0.5) is 0 Å². The molecule has 30 heavy (non-hydrogen) atoms. The van der Waals surface area contributed by atoms with Crippen LogP contribution in [-0.2, 0) is 20.3 Å². The van der Waals surface area contributed by atoms with Gasteiger partial charge in [0.2, 0.25) is 4.77 Å². The number of rotatable bonds is 8. The second kappa shape index (κ2) is 8.74. The highest BCUT2D eigenvalue weighted by Gasteiger charge is 2.34. The van der Waals surface area contributed by atoms with Crippen molar-refractivity contribution in [2.75, 3.05) is 7.11 Å². The first-order valence-corrected chi connectivity index (χ1v) is 11.1. The minimum absolute atomic E-state index is 0.561. The van der Waals surface area contributed by atoms with Gasteiger partial charge in [0.1, 0.15) is 12.3 Å². The standard InChI is InChI=1S/C24H30N4OS/c1-17(2)19-11-9-18(10-12-19)15-27(20-13-14-20)16-28-24(30)26(3)23(25-28)21-7-5-6-8-22(21)29-4/h5-12,17,20H,13-16H2,1-4H3/p+1. The average molecular weight is 424 g/mol. The molecule has 1 saturated carbocycles. The van der Waals surface area contributed by atoms with E-state index in [2.05, 4.69) is 38.1 Å². The SMILES string of the molecule is COc1ccccc1-c1nn(C[NH+](Cc2ccc(C(C)C)cc2)C2CC2)c(=S)n1C. The lowest BCUT2D eigenvalue weighted by molar-refractivity contribution is -0.947. The average Bonchev–Trinajstić information content (AvgIpc) is 3.56. The topological polar surface area (TPSA) is 36.4 Å². The molecule has 1 atom stereocenters. The summed E-state index contributed by atoms with van der Waals surface area (Å²) in [7, 11) is 3.67. The highest BCUT2D eigenvalue weighted by Crippen LogP contribution is 2.28. The van der Waals surface area contributed by atoms with Crippen LogP contribution in [0.3, 0.4) is 0 Å². The molecule has 3 aromatic rings. The van der Waals surface area contributed by atoms with Crippen molar-refractivity contribution in [1.29, 1.82) is 0 Å². The number of nitrogens with one attached hydrogen (secondary N) is 1.